The normalized spacial score (nSPS) is 19.3. The van der Waals surface area contributed by atoms with Crippen LogP contribution in [0.5, 0.6) is 0 Å². The van der Waals surface area contributed by atoms with Gasteiger partial charge in [0.15, 0.2) is 0 Å². The minimum absolute atomic E-state index is 0.459. The van der Waals surface area contributed by atoms with Crippen LogP contribution in [0.3, 0.4) is 0 Å². The van der Waals surface area contributed by atoms with Gasteiger partial charge < -0.3 is 10.1 Å². The Morgan fingerprint density at radius 1 is 1.26 bits per heavy atom. The highest BCUT2D eigenvalue weighted by atomic mass is 79.9. The van der Waals surface area contributed by atoms with Gasteiger partial charge in [0.25, 0.3) is 0 Å². The molecule has 1 aliphatic heterocycles. The number of anilines is 1. The molecule has 1 unspecified atom stereocenters. The Morgan fingerprint density at radius 2 is 2.11 bits per heavy atom. The van der Waals surface area contributed by atoms with Crippen LogP contribution < -0.4 is 5.32 Å². The van der Waals surface area contributed by atoms with E-state index in [2.05, 4.69) is 57.0 Å². The van der Waals surface area contributed by atoms with E-state index >= 15 is 0 Å². The Kier molecular flexibility index (Phi) is 4.21. The van der Waals surface area contributed by atoms with Crippen molar-refractivity contribution in [2.45, 2.75) is 18.9 Å². The van der Waals surface area contributed by atoms with E-state index in [9.17, 15) is 0 Å². The molecule has 0 bridgehead atoms. The first-order chi connectivity index (χ1) is 9.31. The van der Waals surface area contributed by atoms with Crippen molar-refractivity contribution in [1.29, 1.82) is 0 Å². The SMILES string of the molecule is Brc1ccc(-c2cc(NC3CCCOC3)cs2)cc1. The lowest BCUT2D eigenvalue weighted by Crippen LogP contribution is -2.29. The summed E-state index contributed by atoms with van der Waals surface area (Å²) in [6.45, 7) is 1.73. The fourth-order valence-corrected chi connectivity index (χ4v) is 3.39. The van der Waals surface area contributed by atoms with Crippen molar-refractivity contribution in [2.24, 2.45) is 0 Å². The molecule has 1 aromatic carbocycles. The third-order valence-corrected chi connectivity index (χ3v) is 4.77. The standard InChI is InChI=1S/C15H16BrNOS/c16-12-5-3-11(4-6-12)15-8-14(10-19-15)17-13-2-1-7-18-9-13/h3-6,8,10,13,17H,1-2,7,9H2. The Bertz CT molecular complexity index is 531. The maximum atomic E-state index is 5.49. The summed E-state index contributed by atoms with van der Waals surface area (Å²) >= 11 is 5.24. The van der Waals surface area contributed by atoms with Crippen molar-refractivity contribution in [3.63, 3.8) is 0 Å². The van der Waals surface area contributed by atoms with Gasteiger partial charge >= 0.3 is 0 Å². The summed E-state index contributed by atoms with van der Waals surface area (Å²) < 4.78 is 6.61. The first-order valence-electron chi connectivity index (χ1n) is 6.50. The van der Waals surface area contributed by atoms with Crippen molar-refractivity contribution in [3.8, 4) is 10.4 Å². The second kappa shape index (κ2) is 6.07. The van der Waals surface area contributed by atoms with Crippen molar-refractivity contribution < 1.29 is 4.74 Å². The molecule has 0 saturated carbocycles. The van der Waals surface area contributed by atoms with Crippen LogP contribution in [0.25, 0.3) is 10.4 Å². The number of benzene rings is 1. The van der Waals surface area contributed by atoms with E-state index in [4.69, 9.17) is 4.74 Å². The highest BCUT2D eigenvalue weighted by Crippen LogP contribution is 2.31. The number of nitrogens with one attached hydrogen (secondary N) is 1. The van der Waals surface area contributed by atoms with Gasteiger partial charge in [-0.2, -0.15) is 0 Å². The monoisotopic (exact) mass is 337 g/mol. The Labute approximate surface area is 125 Å². The fourth-order valence-electron chi connectivity index (χ4n) is 2.27. The van der Waals surface area contributed by atoms with Crippen LogP contribution >= 0.6 is 27.3 Å². The predicted octanol–water partition coefficient (Wildman–Crippen LogP) is 4.77. The Morgan fingerprint density at radius 3 is 2.84 bits per heavy atom. The summed E-state index contributed by atoms with van der Waals surface area (Å²) in [5.74, 6) is 0. The molecule has 1 N–H and O–H groups in total. The average molecular weight is 338 g/mol. The number of hydrogen-bond donors (Lipinski definition) is 1. The van der Waals surface area contributed by atoms with Crippen molar-refractivity contribution in [1.82, 2.24) is 0 Å². The molecule has 1 atom stereocenters. The van der Waals surface area contributed by atoms with Crippen LogP contribution in [0.15, 0.2) is 40.2 Å². The summed E-state index contributed by atoms with van der Waals surface area (Å²) in [5, 5.41) is 5.75. The molecule has 1 aromatic heterocycles. The van der Waals surface area contributed by atoms with Gasteiger partial charge in [-0.25, -0.2) is 0 Å². The van der Waals surface area contributed by atoms with Gasteiger partial charge in [-0.15, -0.1) is 11.3 Å². The van der Waals surface area contributed by atoms with E-state index < -0.39 is 0 Å². The predicted molar refractivity (Wildman–Crippen MR) is 84.9 cm³/mol. The zero-order chi connectivity index (χ0) is 13.1. The zero-order valence-corrected chi connectivity index (χ0v) is 13.0. The van der Waals surface area contributed by atoms with Crippen LogP contribution in [0, 0.1) is 0 Å². The van der Waals surface area contributed by atoms with E-state index in [1.165, 1.54) is 22.5 Å². The van der Waals surface area contributed by atoms with Crippen LogP contribution in [0.1, 0.15) is 12.8 Å². The van der Waals surface area contributed by atoms with E-state index in [1.807, 2.05) is 0 Å². The lowest BCUT2D eigenvalue weighted by molar-refractivity contribution is 0.0876. The van der Waals surface area contributed by atoms with E-state index in [-0.39, 0.29) is 0 Å². The molecular formula is C15H16BrNOS. The molecule has 100 valence electrons. The second-order valence-electron chi connectivity index (χ2n) is 4.76. The number of thiophene rings is 1. The van der Waals surface area contributed by atoms with Crippen molar-refractivity contribution >= 4 is 33.0 Å². The van der Waals surface area contributed by atoms with Crippen LogP contribution in [0.4, 0.5) is 5.69 Å². The molecule has 2 nitrogen and oxygen atoms in total. The molecule has 3 rings (SSSR count). The fraction of sp³-hybridized carbons (Fsp3) is 0.333. The molecule has 1 aliphatic rings. The number of halogens is 1. The summed E-state index contributed by atoms with van der Waals surface area (Å²) in [6.07, 6.45) is 2.35. The molecule has 0 amide bonds. The maximum Gasteiger partial charge on any atom is 0.0667 e. The molecule has 0 aliphatic carbocycles. The summed E-state index contributed by atoms with van der Waals surface area (Å²) in [5.41, 5.74) is 2.47. The third-order valence-electron chi connectivity index (χ3n) is 3.26. The summed E-state index contributed by atoms with van der Waals surface area (Å²) in [7, 11) is 0. The van der Waals surface area contributed by atoms with Crippen LogP contribution in [-0.4, -0.2) is 19.3 Å². The molecule has 4 heteroatoms. The van der Waals surface area contributed by atoms with E-state index in [0.29, 0.717) is 6.04 Å². The molecule has 1 saturated heterocycles. The van der Waals surface area contributed by atoms with Crippen molar-refractivity contribution in [2.75, 3.05) is 18.5 Å². The minimum atomic E-state index is 0.459. The van der Waals surface area contributed by atoms with Crippen molar-refractivity contribution in [3.05, 3.63) is 40.2 Å². The topological polar surface area (TPSA) is 21.3 Å². The van der Waals surface area contributed by atoms with Gasteiger partial charge in [-0.05, 0) is 36.6 Å². The first kappa shape index (κ1) is 13.2. The molecule has 2 aromatic rings. The van der Waals surface area contributed by atoms with Crippen LogP contribution in [0.2, 0.25) is 0 Å². The second-order valence-corrected chi connectivity index (χ2v) is 6.59. The molecular weight excluding hydrogens is 322 g/mol. The molecule has 2 heterocycles. The number of rotatable bonds is 3. The maximum absolute atomic E-state index is 5.49. The molecule has 19 heavy (non-hydrogen) atoms. The highest BCUT2D eigenvalue weighted by Gasteiger charge is 2.14. The largest absolute Gasteiger partial charge is 0.379 e. The lowest BCUT2D eigenvalue weighted by Gasteiger charge is -2.23. The van der Waals surface area contributed by atoms with Gasteiger partial charge in [0.2, 0.25) is 0 Å². The molecule has 0 spiro atoms. The Hall–Kier alpha value is -0.840. The molecule has 0 radical (unpaired) electrons. The minimum Gasteiger partial charge on any atom is -0.379 e. The molecule has 1 fully saturated rings. The number of ether oxygens (including phenoxy) is 1. The highest BCUT2D eigenvalue weighted by molar-refractivity contribution is 9.10. The summed E-state index contributed by atoms with van der Waals surface area (Å²) in [6, 6.07) is 11.1. The van der Waals surface area contributed by atoms with E-state index in [1.54, 1.807) is 11.3 Å². The van der Waals surface area contributed by atoms with Gasteiger partial charge in [0.05, 0.1) is 6.61 Å². The quantitative estimate of drug-likeness (QED) is 0.871. The number of hydrogen-bond acceptors (Lipinski definition) is 3. The van der Waals surface area contributed by atoms with Crippen LogP contribution in [-0.2, 0) is 4.74 Å². The summed E-state index contributed by atoms with van der Waals surface area (Å²) in [4.78, 5) is 1.30. The third kappa shape index (κ3) is 3.38. The average Bonchev–Trinajstić information content (AvgIpc) is 2.89. The van der Waals surface area contributed by atoms with Gasteiger partial charge in [-0.1, -0.05) is 28.1 Å². The van der Waals surface area contributed by atoms with Gasteiger partial charge in [0, 0.05) is 33.1 Å². The zero-order valence-electron chi connectivity index (χ0n) is 10.6. The smallest absolute Gasteiger partial charge is 0.0667 e. The van der Waals surface area contributed by atoms with Gasteiger partial charge in [0.1, 0.15) is 0 Å². The lowest BCUT2D eigenvalue weighted by atomic mass is 10.1. The first-order valence-corrected chi connectivity index (χ1v) is 8.17. The van der Waals surface area contributed by atoms with E-state index in [0.717, 1.165) is 24.1 Å². The Balaban J connectivity index is 1.70. The van der Waals surface area contributed by atoms with Gasteiger partial charge in [-0.3, -0.25) is 0 Å².